The second kappa shape index (κ2) is 6.69. The first kappa shape index (κ1) is 14.8. The lowest BCUT2D eigenvalue weighted by atomic mass is 10.0. The first-order valence-corrected chi connectivity index (χ1v) is 7.12. The Hall–Kier alpha value is -1.63. The Labute approximate surface area is 119 Å². The van der Waals surface area contributed by atoms with Crippen LogP contribution in [0.4, 0.5) is 0 Å². The molecule has 2 rings (SSSR count). The Morgan fingerprint density at radius 1 is 1.55 bits per heavy atom. The maximum absolute atomic E-state index is 5.77. The zero-order valence-electron chi connectivity index (χ0n) is 12.5. The number of rotatable bonds is 5. The van der Waals surface area contributed by atoms with Crippen molar-refractivity contribution in [3.05, 3.63) is 12.2 Å². The van der Waals surface area contributed by atoms with Gasteiger partial charge in [-0.25, -0.2) is 4.99 Å². The average Bonchev–Trinajstić information content (AvgIpc) is 3.03. The summed E-state index contributed by atoms with van der Waals surface area (Å²) in [4.78, 5) is 4.52. The molecule has 2 heterocycles. The fourth-order valence-corrected chi connectivity index (χ4v) is 2.19. The highest BCUT2D eigenvalue weighted by atomic mass is 16.5. The van der Waals surface area contributed by atoms with Crippen molar-refractivity contribution in [3.8, 4) is 0 Å². The van der Waals surface area contributed by atoms with Gasteiger partial charge in [0.25, 0.3) is 0 Å². The quantitative estimate of drug-likeness (QED) is 0.604. The number of nitrogens with one attached hydrogen (secondary N) is 2. The summed E-state index contributed by atoms with van der Waals surface area (Å²) >= 11 is 0. The fourth-order valence-electron chi connectivity index (χ4n) is 2.19. The molecule has 0 saturated carbocycles. The molecule has 7 heteroatoms. The van der Waals surface area contributed by atoms with Crippen LogP contribution in [0, 0.1) is 0 Å². The predicted molar refractivity (Wildman–Crippen MR) is 77.4 cm³/mol. The highest BCUT2D eigenvalue weighted by Crippen LogP contribution is 2.23. The molecule has 1 fully saturated rings. The fraction of sp³-hybridized carbons (Fsp3) is 0.769. The Morgan fingerprint density at radius 2 is 2.40 bits per heavy atom. The molecule has 0 aromatic carbocycles. The van der Waals surface area contributed by atoms with Crippen LogP contribution in [0.3, 0.4) is 0 Å². The van der Waals surface area contributed by atoms with Gasteiger partial charge in [0.05, 0.1) is 5.60 Å². The van der Waals surface area contributed by atoms with Crippen molar-refractivity contribution in [2.45, 2.75) is 38.8 Å². The lowest BCUT2D eigenvalue weighted by Crippen LogP contribution is -2.45. The number of nitrogens with zero attached hydrogens (tertiary/aromatic N) is 4. The van der Waals surface area contributed by atoms with E-state index >= 15 is 0 Å². The summed E-state index contributed by atoms with van der Waals surface area (Å²) in [6, 6.07) is 0. The zero-order chi connectivity index (χ0) is 14.4. The highest BCUT2D eigenvalue weighted by molar-refractivity contribution is 5.79. The van der Waals surface area contributed by atoms with Gasteiger partial charge in [0.1, 0.15) is 12.9 Å². The largest absolute Gasteiger partial charge is 0.373 e. The molecule has 1 aliphatic heterocycles. The van der Waals surface area contributed by atoms with E-state index in [0.717, 1.165) is 44.3 Å². The normalized spacial score (nSPS) is 23.1. The van der Waals surface area contributed by atoms with Gasteiger partial charge in [0.2, 0.25) is 0 Å². The van der Waals surface area contributed by atoms with E-state index in [0.29, 0.717) is 6.54 Å². The Bertz CT molecular complexity index is 449. The molecular formula is C13H24N6O. The third-order valence-electron chi connectivity index (χ3n) is 3.46. The standard InChI is InChI=1S/C13H24N6O/c1-4-14-12(15-8-11-18-17-10-19(11)3)16-9-13(2)6-5-7-20-13/h10H,4-9H2,1-3H3,(H2,14,15,16). The smallest absolute Gasteiger partial charge is 0.191 e. The zero-order valence-corrected chi connectivity index (χ0v) is 12.5. The van der Waals surface area contributed by atoms with Gasteiger partial charge in [0, 0.05) is 26.7 Å². The van der Waals surface area contributed by atoms with Crippen LogP contribution in [-0.2, 0) is 18.3 Å². The molecule has 0 amide bonds. The molecular weight excluding hydrogens is 256 g/mol. The van der Waals surface area contributed by atoms with E-state index in [1.165, 1.54) is 0 Å². The second-order valence-corrected chi connectivity index (χ2v) is 5.31. The van der Waals surface area contributed by atoms with Gasteiger partial charge in [-0.15, -0.1) is 10.2 Å². The number of aromatic nitrogens is 3. The van der Waals surface area contributed by atoms with Crippen molar-refractivity contribution in [2.24, 2.45) is 12.0 Å². The molecule has 0 bridgehead atoms. The van der Waals surface area contributed by atoms with Crippen LogP contribution in [0.1, 0.15) is 32.5 Å². The maximum Gasteiger partial charge on any atom is 0.191 e. The van der Waals surface area contributed by atoms with E-state index in [1.807, 2.05) is 18.5 Å². The highest BCUT2D eigenvalue weighted by Gasteiger charge is 2.29. The van der Waals surface area contributed by atoms with E-state index < -0.39 is 0 Å². The number of hydrogen-bond donors (Lipinski definition) is 2. The minimum atomic E-state index is -0.0824. The monoisotopic (exact) mass is 280 g/mol. The number of aliphatic imine (C=N–C) groups is 1. The van der Waals surface area contributed by atoms with E-state index in [9.17, 15) is 0 Å². The van der Waals surface area contributed by atoms with Gasteiger partial charge in [0.15, 0.2) is 11.8 Å². The third-order valence-corrected chi connectivity index (χ3v) is 3.46. The number of aryl methyl sites for hydroxylation is 1. The molecule has 7 nitrogen and oxygen atoms in total. The molecule has 0 aliphatic carbocycles. The first-order chi connectivity index (χ1) is 9.63. The maximum atomic E-state index is 5.77. The van der Waals surface area contributed by atoms with Crippen molar-refractivity contribution in [1.82, 2.24) is 25.4 Å². The van der Waals surface area contributed by atoms with Gasteiger partial charge in [-0.1, -0.05) is 0 Å². The molecule has 1 aromatic heterocycles. The van der Waals surface area contributed by atoms with Crippen LogP contribution in [0.2, 0.25) is 0 Å². The molecule has 112 valence electrons. The Balaban J connectivity index is 1.90. The molecule has 20 heavy (non-hydrogen) atoms. The summed E-state index contributed by atoms with van der Waals surface area (Å²) in [5, 5.41) is 14.4. The van der Waals surface area contributed by atoms with E-state index in [-0.39, 0.29) is 5.60 Å². The van der Waals surface area contributed by atoms with Crippen molar-refractivity contribution in [2.75, 3.05) is 19.7 Å². The summed E-state index contributed by atoms with van der Waals surface area (Å²) in [5.74, 6) is 1.62. The van der Waals surface area contributed by atoms with Crippen molar-refractivity contribution in [1.29, 1.82) is 0 Å². The van der Waals surface area contributed by atoms with Crippen molar-refractivity contribution >= 4 is 5.96 Å². The summed E-state index contributed by atoms with van der Waals surface area (Å²) in [5.41, 5.74) is -0.0824. The van der Waals surface area contributed by atoms with Crippen molar-refractivity contribution in [3.63, 3.8) is 0 Å². The summed E-state index contributed by atoms with van der Waals surface area (Å²) in [6.07, 6.45) is 3.89. The first-order valence-electron chi connectivity index (χ1n) is 7.12. The minimum Gasteiger partial charge on any atom is -0.373 e. The molecule has 1 saturated heterocycles. The summed E-state index contributed by atoms with van der Waals surface area (Å²) in [7, 11) is 1.92. The lowest BCUT2D eigenvalue weighted by Gasteiger charge is -2.24. The van der Waals surface area contributed by atoms with E-state index in [1.54, 1.807) is 6.33 Å². The van der Waals surface area contributed by atoms with Gasteiger partial charge < -0.3 is 19.9 Å². The van der Waals surface area contributed by atoms with Gasteiger partial charge in [-0.3, -0.25) is 0 Å². The Morgan fingerprint density at radius 3 is 3.00 bits per heavy atom. The molecule has 1 aromatic rings. The number of guanidine groups is 1. The molecule has 1 atom stereocenters. The van der Waals surface area contributed by atoms with Gasteiger partial charge >= 0.3 is 0 Å². The molecule has 0 spiro atoms. The van der Waals surface area contributed by atoms with Crippen LogP contribution in [0.15, 0.2) is 11.3 Å². The third kappa shape index (κ3) is 3.93. The lowest BCUT2D eigenvalue weighted by molar-refractivity contribution is 0.0243. The number of hydrogen-bond acceptors (Lipinski definition) is 4. The van der Waals surface area contributed by atoms with Gasteiger partial charge in [-0.2, -0.15) is 0 Å². The van der Waals surface area contributed by atoms with E-state index in [4.69, 9.17) is 4.74 Å². The van der Waals surface area contributed by atoms with Crippen LogP contribution in [-0.4, -0.2) is 46.0 Å². The second-order valence-electron chi connectivity index (χ2n) is 5.31. The SMILES string of the molecule is CCNC(=NCc1nncn1C)NCC1(C)CCCO1. The Kier molecular flexibility index (Phi) is 4.94. The molecule has 0 radical (unpaired) electrons. The van der Waals surface area contributed by atoms with Crippen LogP contribution >= 0.6 is 0 Å². The average molecular weight is 280 g/mol. The molecule has 1 unspecified atom stereocenters. The topological polar surface area (TPSA) is 76.4 Å². The molecule has 1 aliphatic rings. The summed E-state index contributed by atoms with van der Waals surface area (Å²) in [6.45, 7) is 7.13. The predicted octanol–water partition coefficient (Wildman–Crippen LogP) is 0.439. The minimum absolute atomic E-state index is 0.0824. The van der Waals surface area contributed by atoms with Gasteiger partial charge in [-0.05, 0) is 26.7 Å². The van der Waals surface area contributed by atoms with Crippen molar-refractivity contribution < 1.29 is 4.74 Å². The number of ether oxygens (including phenoxy) is 1. The summed E-state index contributed by atoms with van der Waals surface area (Å²) < 4.78 is 7.64. The van der Waals surface area contributed by atoms with Crippen LogP contribution in [0.25, 0.3) is 0 Å². The van der Waals surface area contributed by atoms with Crippen LogP contribution in [0.5, 0.6) is 0 Å². The molecule has 2 N–H and O–H groups in total. The van der Waals surface area contributed by atoms with E-state index in [2.05, 4.69) is 32.7 Å². The van der Waals surface area contributed by atoms with Crippen LogP contribution < -0.4 is 10.6 Å².